The average molecular weight is 311 g/mol. The van der Waals surface area contributed by atoms with Crippen molar-refractivity contribution in [2.75, 3.05) is 7.05 Å². The zero-order chi connectivity index (χ0) is 17.1. The standard InChI is InChI=1S/C13H17N3O6/c1-13(2,3)22-12(19)15(4)7-9-10(16(20)21)5-8(6-14-9)11(17)18/h5-6H,7H2,1-4H3,(H,17,18). The van der Waals surface area contributed by atoms with Gasteiger partial charge in [0.05, 0.1) is 17.0 Å². The van der Waals surface area contributed by atoms with Crippen LogP contribution >= 0.6 is 0 Å². The number of nitrogens with zero attached hydrogens (tertiary/aromatic N) is 3. The van der Waals surface area contributed by atoms with Gasteiger partial charge in [0.2, 0.25) is 0 Å². The van der Waals surface area contributed by atoms with Crippen LogP contribution in [0.4, 0.5) is 10.5 Å². The average Bonchev–Trinajstić information content (AvgIpc) is 2.36. The number of carboxylic acid groups (broad SMARTS) is 1. The normalized spacial score (nSPS) is 10.9. The van der Waals surface area contributed by atoms with Crippen LogP contribution in [0.2, 0.25) is 0 Å². The molecule has 0 radical (unpaired) electrons. The number of carbonyl (C=O) groups excluding carboxylic acids is 1. The maximum atomic E-state index is 11.8. The highest BCUT2D eigenvalue weighted by atomic mass is 16.6. The van der Waals surface area contributed by atoms with E-state index in [-0.39, 0.29) is 17.8 Å². The number of carbonyl (C=O) groups is 2. The summed E-state index contributed by atoms with van der Waals surface area (Å²) in [4.78, 5) is 37.8. The summed E-state index contributed by atoms with van der Waals surface area (Å²) >= 11 is 0. The van der Waals surface area contributed by atoms with Crippen molar-refractivity contribution in [3.63, 3.8) is 0 Å². The van der Waals surface area contributed by atoms with Crippen LogP contribution in [0.25, 0.3) is 0 Å². The molecule has 1 aromatic rings. The molecule has 22 heavy (non-hydrogen) atoms. The monoisotopic (exact) mass is 311 g/mol. The summed E-state index contributed by atoms with van der Waals surface area (Å²) in [6, 6.07) is 0.910. The van der Waals surface area contributed by atoms with Gasteiger partial charge < -0.3 is 14.7 Å². The fourth-order valence-corrected chi connectivity index (χ4v) is 1.51. The molecule has 0 aromatic carbocycles. The zero-order valence-electron chi connectivity index (χ0n) is 12.7. The first-order valence-corrected chi connectivity index (χ1v) is 6.32. The Labute approximate surface area is 126 Å². The highest BCUT2D eigenvalue weighted by molar-refractivity contribution is 5.88. The van der Waals surface area contributed by atoms with Crippen LogP contribution in [-0.4, -0.2) is 44.6 Å². The summed E-state index contributed by atoms with van der Waals surface area (Å²) in [6.07, 6.45) is 0.346. The van der Waals surface area contributed by atoms with E-state index in [4.69, 9.17) is 9.84 Å². The second-order valence-electron chi connectivity index (χ2n) is 5.59. The Balaban J connectivity index is 3.00. The number of carboxylic acids is 1. The lowest BCUT2D eigenvalue weighted by Gasteiger charge is -2.24. The van der Waals surface area contributed by atoms with Crippen molar-refractivity contribution >= 4 is 17.7 Å². The Kier molecular flexibility index (Phi) is 5.02. The third-order valence-electron chi connectivity index (χ3n) is 2.48. The molecule has 1 aromatic heterocycles. The lowest BCUT2D eigenvalue weighted by Crippen LogP contribution is -2.34. The molecule has 0 aliphatic heterocycles. The quantitative estimate of drug-likeness (QED) is 0.666. The molecule has 0 saturated carbocycles. The van der Waals surface area contributed by atoms with Gasteiger partial charge in [-0.3, -0.25) is 15.1 Å². The molecule has 0 bridgehead atoms. The summed E-state index contributed by atoms with van der Waals surface area (Å²) in [6.45, 7) is 4.91. The molecule has 1 amide bonds. The van der Waals surface area contributed by atoms with Crippen LogP contribution < -0.4 is 0 Å². The van der Waals surface area contributed by atoms with Crippen LogP contribution in [0.5, 0.6) is 0 Å². The highest BCUT2D eigenvalue weighted by Gasteiger charge is 2.24. The van der Waals surface area contributed by atoms with Gasteiger partial charge in [0.15, 0.2) is 0 Å². The van der Waals surface area contributed by atoms with Gasteiger partial charge in [0, 0.05) is 19.3 Å². The van der Waals surface area contributed by atoms with E-state index in [0.717, 1.165) is 17.2 Å². The van der Waals surface area contributed by atoms with Crippen LogP contribution in [0, 0.1) is 10.1 Å². The largest absolute Gasteiger partial charge is 0.478 e. The van der Waals surface area contributed by atoms with Gasteiger partial charge in [-0.2, -0.15) is 0 Å². The lowest BCUT2D eigenvalue weighted by atomic mass is 10.2. The van der Waals surface area contributed by atoms with Gasteiger partial charge in [0.25, 0.3) is 5.69 Å². The Hall–Kier alpha value is -2.71. The number of aromatic carboxylic acids is 1. The van der Waals surface area contributed by atoms with Crippen molar-refractivity contribution in [3.8, 4) is 0 Å². The van der Waals surface area contributed by atoms with Crippen LogP contribution in [0.3, 0.4) is 0 Å². The van der Waals surface area contributed by atoms with E-state index in [0.29, 0.717) is 0 Å². The van der Waals surface area contributed by atoms with Crippen molar-refractivity contribution in [2.24, 2.45) is 0 Å². The SMILES string of the molecule is CN(Cc1ncc(C(=O)O)cc1[N+](=O)[O-])C(=O)OC(C)(C)C. The number of ether oxygens (including phenoxy) is 1. The van der Waals surface area contributed by atoms with E-state index in [2.05, 4.69) is 4.98 Å². The molecule has 0 aliphatic carbocycles. The Bertz CT molecular complexity index is 608. The first kappa shape index (κ1) is 17.3. The van der Waals surface area contributed by atoms with Gasteiger partial charge >= 0.3 is 12.1 Å². The van der Waals surface area contributed by atoms with Crippen LogP contribution in [-0.2, 0) is 11.3 Å². The lowest BCUT2D eigenvalue weighted by molar-refractivity contribution is -0.386. The van der Waals surface area contributed by atoms with Gasteiger partial charge in [0.1, 0.15) is 11.3 Å². The second-order valence-corrected chi connectivity index (χ2v) is 5.59. The van der Waals surface area contributed by atoms with Crippen molar-refractivity contribution in [1.29, 1.82) is 0 Å². The third-order valence-corrected chi connectivity index (χ3v) is 2.48. The van der Waals surface area contributed by atoms with E-state index < -0.39 is 28.3 Å². The number of pyridine rings is 1. The predicted octanol–water partition coefficient (Wildman–Crippen LogP) is 2.05. The number of rotatable bonds is 4. The summed E-state index contributed by atoms with van der Waals surface area (Å²) in [5.41, 5.74) is -1.48. The van der Waals surface area contributed by atoms with Gasteiger partial charge in [-0.1, -0.05) is 0 Å². The van der Waals surface area contributed by atoms with Crippen molar-refractivity contribution in [2.45, 2.75) is 32.9 Å². The smallest absolute Gasteiger partial charge is 0.410 e. The molecule has 0 aliphatic rings. The molecule has 9 heteroatoms. The molecule has 0 saturated heterocycles. The number of aromatic nitrogens is 1. The first-order valence-electron chi connectivity index (χ1n) is 6.32. The van der Waals surface area contributed by atoms with E-state index >= 15 is 0 Å². The summed E-state index contributed by atoms with van der Waals surface area (Å²) in [7, 11) is 1.41. The molecule has 9 nitrogen and oxygen atoms in total. The third kappa shape index (κ3) is 4.69. The maximum absolute atomic E-state index is 11.8. The molecule has 1 N–H and O–H groups in total. The van der Waals surface area contributed by atoms with E-state index in [1.807, 2.05) is 0 Å². The van der Waals surface area contributed by atoms with E-state index in [1.54, 1.807) is 20.8 Å². The maximum Gasteiger partial charge on any atom is 0.410 e. The Morgan fingerprint density at radius 3 is 2.50 bits per heavy atom. The predicted molar refractivity (Wildman–Crippen MR) is 75.6 cm³/mol. The molecule has 0 spiro atoms. The minimum atomic E-state index is -1.32. The van der Waals surface area contributed by atoms with Crippen LogP contribution in [0.1, 0.15) is 36.8 Å². The molecule has 0 fully saturated rings. The fourth-order valence-electron chi connectivity index (χ4n) is 1.51. The van der Waals surface area contributed by atoms with Gasteiger partial charge in [-0.05, 0) is 20.8 Å². The molecule has 0 unspecified atom stereocenters. The summed E-state index contributed by atoms with van der Waals surface area (Å²) < 4.78 is 5.13. The highest BCUT2D eigenvalue weighted by Crippen LogP contribution is 2.20. The minimum absolute atomic E-state index is 0.0247. The van der Waals surface area contributed by atoms with Crippen molar-refractivity contribution < 1.29 is 24.4 Å². The molecule has 1 rings (SSSR count). The Morgan fingerprint density at radius 2 is 2.05 bits per heavy atom. The molecule has 120 valence electrons. The second kappa shape index (κ2) is 6.37. The van der Waals surface area contributed by atoms with Crippen molar-refractivity contribution in [1.82, 2.24) is 9.88 Å². The number of hydrogen-bond donors (Lipinski definition) is 1. The topological polar surface area (TPSA) is 123 Å². The minimum Gasteiger partial charge on any atom is -0.478 e. The molecular weight excluding hydrogens is 294 g/mol. The fraction of sp³-hybridized carbons (Fsp3) is 0.462. The number of nitro groups is 1. The Morgan fingerprint density at radius 1 is 1.45 bits per heavy atom. The molecular formula is C13H17N3O6. The first-order chi connectivity index (χ1) is 10.0. The summed E-state index contributed by atoms with van der Waals surface area (Å²) in [5, 5.41) is 19.8. The van der Waals surface area contributed by atoms with E-state index in [1.165, 1.54) is 7.05 Å². The zero-order valence-corrected chi connectivity index (χ0v) is 12.7. The number of hydrogen-bond acceptors (Lipinski definition) is 6. The van der Waals surface area contributed by atoms with Gasteiger partial charge in [-0.15, -0.1) is 0 Å². The van der Waals surface area contributed by atoms with E-state index in [9.17, 15) is 19.7 Å². The molecule has 0 atom stereocenters. The van der Waals surface area contributed by atoms with Gasteiger partial charge in [-0.25, -0.2) is 9.59 Å². The van der Waals surface area contributed by atoms with Crippen molar-refractivity contribution in [3.05, 3.63) is 33.6 Å². The molecule has 1 heterocycles. The summed E-state index contributed by atoms with van der Waals surface area (Å²) in [5.74, 6) is -1.32. The number of amides is 1. The van der Waals surface area contributed by atoms with Crippen LogP contribution in [0.15, 0.2) is 12.3 Å².